The molecule has 0 heterocycles. The first kappa shape index (κ1) is 8.89. The summed E-state index contributed by atoms with van der Waals surface area (Å²) in [7, 11) is 0. The molecule has 0 amide bonds. The van der Waals surface area contributed by atoms with Gasteiger partial charge in [0, 0.05) is 46.9 Å². The number of hydrogen-bond donors (Lipinski definition) is 1. The monoisotopic (exact) mass is 219 g/mol. The summed E-state index contributed by atoms with van der Waals surface area (Å²) >= 11 is 0. The van der Waals surface area contributed by atoms with Crippen molar-refractivity contribution in [2.45, 2.75) is 0 Å². The third-order valence-corrected chi connectivity index (χ3v) is 0. The third-order valence-electron chi connectivity index (χ3n) is 0. The summed E-state index contributed by atoms with van der Waals surface area (Å²) in [6.07, 6.45) is 0. The second-order valence-corrected chi connectivity index (χ2v) is 0.0913. The molecule has 2 nitrogen and oxygen atoms in total. The Morgan fingerprint density at radius 2 is 1.75 bits per heavy atom. The number of aliphatic hydroxyl groups excluding tert-OH is 1. The van der Waals surface area contributed by atoms with Crippen molar-refractivity contribution in [2.75, 3.05) is 0 Å². The van der Waals surface area contributed by atoms with Crippen LogP contribution in [0.4, 0.5) is 0 Å². The van der Waals surface area contributed by atoms with E-state index >= 15 is 0 Å². The van der Waals surface area contributed by atoms with E-state index in [0.29, 0.717) is 6.47 Å². The van der Waals surface area contributed by atoms with E-state index in [0.717, 1.165) is 0 Å². The summed E-state index contributed by atoms with van der Waals surface area (Å²) in [6.45, 7) is 0.500. The predicted octanol–water partition coefficient (Wildman–Crippen LogP) is -0.388. The van der Waals surface area contributed by atoms with Crippen LogP contribution in [0.1, 0.15) is 0 Å². The molecule has 4 heavy (non-hydrogen) atoms. The van der Waals surface area contributed by atoms with Gasteiger partial charge in [-0.1, -0.05) is 6.47 Å². The quantitative estimate of drug-likeness (QED) is 0.562. The second kappa shape index (κ2) is 9.01. The molecule has 0 atom stereocenters. The van der Waals surface area contributed by atoms with Crippen LogP contribution >= 0.6 is 0 Å². The molecule has 0 aliphatic carbocycles. The Morgan fingerprint density at radius 1 is 1.75 bits per heavy atom. The normalized spacial score (nSPS) is 3.00. The summed E-state index contributed by atoms with van der Waals surface area (Å²) in [5.41, 5.74) is 0. The molecular formula is CHO2Yb-. The molecule has 0 unspecified atom stereocenters. The second-order valence-electron chi connectivity index (χ2n) is 0.0913. The van der Waals surface area contributed by atoms with Crippen LogP contribution in [0.25, 0.3) is 0 Å². The molecule has 0 aliphatic heterocycles. The van der Waals surface area contributed by atoms with Gasteiger partial charge in [0.15, 0.2) is 0 Å². The van der Waals surface area contributed by atoms with E-state index in [1.807, 2.05) is 0 Å². The summed E-state index contributed by atoms with van der Waals surface area (Å²) < 4.78 is 0. The van der Waals surface area contributed by atoms with E-state index in [-0.39, 0.29) is 46.9 Å². The van der Waals surface area contributed by atoms with Crippen molar-refractivity contribution in [2.24, 2.45) is 0 Å². The zero-order chi connectivity index (χ0) is 2.71. The summed E-state index contributed by atoms with van der Waals surface area (Å²) in [6, 6.07) is 0. The molecule has 0 aromatic heterocycles. The molecule has 3 heteroatoms. The number of hydrogen-bond acceptors (Lipinski definition) is 1. The Morgan fingerprint density at radius 3 is 1.75 bits per heavy atom. The van der Waals surface area contributed by atoms with E-state index < -0.39 is 0 Å². The fourth-order valence-electron chi connectivity index (χ4n) is 0. The van der Waals surface area contributed by atoms with Gasteiger partial charge in [0.1, 0.15) is 0 Å². The van der Waals surface area contributed by atoms with Crippen LogP contribution in [0.2, 0.25) is 0 Å². The van der Waals surface area contributed by atoms with Crippen LogP contribution in [-0.2, 0) is 4.79 Å². The molecule has 0 aromatic carbocycles. The molecule has 0 radical (unpaired) electrons. The average molecular weight is 218 g/mol. The van der Waals surface area contributed by atoms with Gasteiger partial charge in [0.25, 0.3) is 0 Å². The Bertz CT molecular complexity index is 13.5. The van der Waals surface area contributed by atoms with Crippen molar-refractivity contribution in [1.82, 2.24) is 0 Å². The molecule has 0 fully saturated rings. The third kappa shape index (κ3) is 12.1. The van der Waals surface area contributed by atoms with Gasteiger partial charge < -0.3 is 9.90 Å². The van der Waals surface area contributed by atoms with Crippen molar-refractivity contribution in [3.8, 4) is 0 Å². The molecule has 0 saturated carbocycles. The van der Waals surface area contributed by atoms with Crippen LogP contribution in [-0.4, -0.2) is 11.6 Å². The average Bonchev–Trinajstić information content (AvgIpc) is 0.918. The maximum Gasteiger partial charge on any atom is 0 e. The van der Waals surface area contributed by atoms with Crippen molar-refractivity contribution < 1.29 is 56.8 Å². The summed E-state index contributed by atoms with van der Waals surface area (Å²) in [5, 5.41) is 6.76. The van der Waals surface area contributed by atoms with Crippen LogP contribution in [0.3, 0.4) is 0 Å². The Balaban J connectivity index is 0. The first-order chi connectivity index (χ1) is 1.41. The maximum atomic E-state index is 8.24. The van der Waals surface area contributed by atoms with Crippen LogP contribution in [0, 0.1) is 46.9 Å². The van der Waals surface area contributed by atoms with Gasteiger partial charge in [-0.25, -0.2) is 0 Å². The zero-order valence-electron chi connectivity index (χ0n) is 1.62. The molecule has 0 saturated heterocycles. The maximum absolute atomic E-state index is 8.24. The van der Waals surface area contributed by atoms with Crippen molar-refractivity contribution >= 4 is 6.47 Å². The summed E-state index contributed by atoms with van der Waals surface area (Å²) in [5.74, 6) is 0. The smallest absolute Gasteiger partial charge is 0 e. The van der Waals surface area contributed by atoms with Gasteiger partial charge in [-0.3, -0.25) is 0 Å². The first-order valence-electron chi connectivity index (χ1n) is 0.428. The van der Waals surface area contributed by atoms with Crippen molar-refractivity contribution in [3.63, 3.8) is 0 Å². The van der Waals surface area contributed by atoms with E-state index in [1.165, 1.54) is 0 Å². The molecule has 0 aliphatic rings. The van der Waals surface area contributed by atoms with E-state index in [4.69, 9.17) is 9.90 Å². The Kier molecular flexibility index (Phi) is 20.0. The molecule has 0 bridgehead atoms. The fourth-order valence-corrected chi connectivity index (χ4v) is 0. The van der Waals surface area contributed by atoms with Gasteiger partial charge in [-0.15, -0.1) is 0 Å². The molecule has 0 rings (SSSR count). The van der Waals surface area contributed by atoms with Crippen LogP contribution in [0.15, 0.2) is 0 Å². The Hall–Kier alpha value is 0.989. The van der Waals surface area contributed by atoms with Gasteiger partial charge in [-0.05, 0) is 0 Å². The van der Waals surface area contributed by atoms with Crippen LogP contribution in [0.5, 0.6) is 0 Å². The van der Waals surface area contributed by atoms with Crippen molar-refractivity contribution in [1.29, 1.82) is 0 Å². The molecule has 1 N–H and O–H groups in total. The Labute approximate surface area is 62.4 Å². The predicted molar refractivity (Wildman–Crippen MR) is 8.32 cm³/mol. The van der Waals surface area contributed by atoms with Crippen LogP contribution < -0.4 is 0 Å². The van der Waals surface area contributed by atoms with E-state index in [9.17, 15) is 0 Å². The SMILES string of the molecule is O=[C-]O.[Yb]. The molecule has 0 spiro atoms. The minimum atomic E-state index is 0. The zero-order valence-corrected chi connectivity index (χ0v) is 3.34. The molecular weight excluding hydrogens is 217 g/mol. The van der Waals surface area contributed by atoms with Gasteiger partial charge in [0.05, 0.1) is 0 Å². The van der Waals surface area contributed by atoms with E-state index in [1.54, 1.807) is 0 Å². The van der Waals surface area contributed by atoms with E-state index in [2.05, 4.69) is 0 Å². The summed E-state index contributed by atoms with van der Waals surface area (Å²) in [4.78, 5) is 8.24. The molecule has 0 aromatic rings. The standard InChI is InChI=1S/CHO2.Yb/c2-1-3;/h(H,2,3);/q-1;. The largest absolute Gasteiger partial charge is 0.665 e. The molecule has 32 valence electrons. The van der Waals surface area contributed by atoms with Gasteiger partial charge >= 0.3 is 0 Å². The van der Waals surface area contributed by atoms with Gasteiger partial charge in [0.2, 0.25) is 0 Å². The fraction of sp³-hybridized carbons (Fsp3) is 0. The minimum absolute atomic E-state index is 0. The topological polar surface area (TPSA) is 37.3 Å². The first-order valence-corrected chi connectivity index (χ1v) is 0.428. The minimum Gasteiger partial charge on any atom is -0.665 e. The van der Waals surface area contributed by atoms with Crippen molar-refractivity contribution in [3.05, 3.63) is 0 Å². The van der Waals surface area contributed by atoms with Gasteiger partial charge in [-0.2, -0.15) is 0 Å². The number of rotatable bonds is 0.